The van der Waals surface area contributed by atoms with Crippen LogP contribution in [0.25, 0.3) is 0 Å². The zero-order chi connectivity index (χ0) is 13.7. The molecule has 0 radical (unpaired) electrons. The van der Waals surface area contributed by atoms with Crippen LogP contribution in [0.5, 0.6) is 5.75 Å². The second-order valence-electron chi connectivity index (χ2n) is 4.85. The van der Waals surface area contributed by atoms with Crippen LogP contribution < -0.4 is 15.4 Å². The molecule has 4 nitrogen and oxygen atoms in total. The van der Waals surface area contributed by atoms with Crippen molar-refractivity contribution in [2.75, 3.05) is 32.2 Å². The topological polar surface area (TPSA) is 42.5 Å². The first kappa shape index (κ1) is 14.6. The molecule has 0 spiro atoms. The average Bonchev–Trinajstić information content (AvgIpc) is 2.40. The summed E-state index contributed by atoms with van der Waals surface area (Å²) in [5, 5.41) is 6.97. The highest BCUT2D eigenvalue weighted by Gasteiger charge is 2.17. The Morgan fingerprint density at radius 2 is 2.42 bits per heavy atom. The summed E-state index contributed by atoms with van der Waals surface area (Å²) in [4.78, 5) is 0. The first-order valence-electron chi connectivity index (χ1n) is 6.60. The fraction of sp³-hybridized carbons (Fsp3) is 0.571. The predicted molar refractivity (Wildman–Crippen MR) is 81.0 cm³/mol. The molecule has 1 fully saturated rings. The molecule has 1 saturated heterocycles. The molecular weight excluding hydrogens is 308 g/mol. The molecule has 0 bridgehead atoms. The van der Waals surface area contributed by atoms with Crippen LogP contribution in [0.3, 0.4) is 0 Å². The summed E-state index contributed by atoms with van der Waals surface area (Å²) in [6.45, 7) is 4.73. The lowest BCUT2D eigenvalue weighted by Crippen LogP contribution is -2.43. The van der Waals surface area contributed by atoms with Gasteiger partial charge in [-0.1, -0.05) is 15.9 Å². The maximum atomic E-state index is 5.47. The van der Waals surface area contributed by atoms with Crippen molar-refractivity contribution in [1.82, 2.24) is 5.32 Å². The molecule has 106 valence electrons. The molecule has 2 atom stereocenters. The molecule has 0 saturated carbocycles. The lowest BCUT2D eigenvalue weighted by atomic mass is 10.1. The highest BCUT2D eigenvalue weighted by atomic mass is 79.9. The fourth-order valence-corrected chi connectivity index (χ4v) is 2.68. The van der Waals surface area contributed by atoms with Gasteiger partial charge in [0.05, 0.1) is 26.0 Å². The maximum Gasteiger partial charge on any atom is 0.142 e. The Kier molecular flexibility index (Phi) is 5.48. The molecule has 1 aliphatic heterocycles. The third-order valence-corrected chi connectivity index (χ3v) is 3.69. The van der Waals surface area contributed by atoms with Crippen LogP contribution in [-0.4, -0.2) is 39.0 Å². The van der Waals surface area contributed by atoms with Gasteiger partial charge in [-0.25, -0.2) is 0 Å². The number of hydrogen-bond donors (Lipinski definition) is 2. The van der Waals surface area contributed by atoms with Crippen LogP contribution in [0.2, 0.25) is 0 Å². The van der Waals surface area contributed by atoms with Crippen molar-refractivity contribution in [3.8, 4) is 5.75 Å². The van der Waals surface area contributed by atoms with E-state index in [4.69, 9.17) is 9.47 Å². The van der Waals surface area contributed by atoms with E-state index < -0.39 is 0 Å². The highest BCUT2D eigenvalue weighted by Crippen LogP contribution is 2.28. The van der Waals surface area contributed by atoms with Gasteiger partial charge in [0.15, 0.2) is 0 Å². The van der Waals surface area contributed by atoms with E-state index in [9.17, 15) is 0 Å². The lowest BCUT2D eigenvalue weighted by Gasteiger charge is -2.27. The number of morpholine rings is 1. The van der Waals surface area contributed by atoms with Crippen molar-refractivity contribution in [3.05, 3.63) is 22.7 Å². The van der Waals surface area contributed by atoms with Gasteiger partial charge in [-0.05, 0) is 31.5 Å². The van der Waals surface area contributed by atoms with Crippen molar-refractivity contribution >= 4 is 21.6 Å². The molecule has 1 aliphatic rings. The molecule has 0 aliphatic carbocycles. The van der Waals surface area contributed by atoms with E-state index in [1.165, 1.54) is 0 Å². The number of rotatable bonds is 5. The monoisotopic (exact) mass is 328 g/mol. The Morgan fingerprint density at radius 3 is 3.11 bits per heavy atom. The number of halogens is 1. The first-order chi connectivity index (χ1) is 9.19. The number of hydrogen-bond acceptors (Lipinski definition) is 4. The summed E-state index contributed by atoms with van der Waals surface area (Å²) in [5.41, 5.74) is 1.01. The molecule has 1 aromatic carbocycles. The number of benzene rings is 1. The fourth-order valence-electron chi connectivity index (χ4n) is 2.32. The van der Waals surface area contributed by atoms with Crippen molar-refractivity contribution in [2.45, 2.75) is 25.4 Å². The lowest BCUT2D eigenvalue weighted by molar-refractivity contribution is 0.0731. The largest absolute Gasteiger partial charge is 0.495 e. The van der Waals surface area contributed by atoms with Gasteiger partial charge in [0.25, 0.3) is 0 Å². The number of methoxy groups -OCH3 is 1. The summed E-state index contributed by atoms with van der Waals surface area (Å²) in [5.74, 6) is 0.864. The standard InChI is InChI=1S/C14H21BrN2O2/c1-10(7-12-9-19-6-5-16-12)17-13-8-11(15)3-4-14(13)18-2/h3-4,8,10,12,16-17H,5-7,9H2,1-2H3. The quantitative estimate of drug-likeness (QED) is 0.872. The van der Waals surface area contributed by atoms with Crippen LogP contribution in [0.4, 0.5) is 5.69 Å². The van der Waals surface area contributed by atoms with Gasteiger partial charge in [0.2, 0.25) is 0 Å². The molecular formula is C14H21BrN2O2. The minimum absolute atomic E-state index is 0.349. The van der Waals surface area contributed by atoms with Crippen molar-refractivity contribution in [1.29, 1.82) is 0 Å². The van der Waals surface area contributed by atoms with Crippen LogP contribution >= 0.6 is 15.9 Å². The molecule has 19 heavy (non-hydrogen) atoms. The average molecular weight is 329 g/mol. The Labute approximate surface area is 123 Å². The minimum Gasteiger partial charge on any atom is -0.495 e. The van der Waals surface area contributed by atoms with Gasteiger partial charge < -0.3 is 20.1 Å². The molecule has 0 amide bonds. The van der Waals surface area contributed by atoms with E-state index in [0.717, 1.165) is 42.1 Å². The zero-order valence-corrected chi connectivity index (χ0v) is 13.0. The second-order valence-corrected chi connectivity index (χ2v) is 5.77. The van der Waals surface area contributed by atoms with Gasteiger partial charge in [0.1, 0.15) is 5.75 Å². The van der Waals surface area contributed by atoms with Crippen LogP contribution in [0.1, 0.15) is 13.3 Å². The molecule has 1 aromatic rings. The number of anilines is 1. The Balaban J connectivity index is 1.93. The second kappa shape index (κ2) is 7.12. The zero-order valence-electron chi connectivity index (χ0n) is 11.4. The minimum atomic E-state index is 0.349. The molecule has 2 N–H and O–H groups in total. The van der Waals surface area contributed by atoms with Crippen LogP contribution in [0, 0.1) is 0 Å². The van der Waals surface area contributed by atoms with E-state index in [0.29, 0.717) is 12.1 Å². The van der Waals surface area contributed by atoms with Gasteiger partial charge in [0, 0.05) is 23.1 Å². The summed E-state index contributed by atoms with van der Waals surface area (Å²) < 4.78 is 11.9. The predicted octanol–water partition coefficient (Wildman–Crippen LogP) is 2.64. The third-order valence-electron chi connectivity index (χ3n) is 3.20. The van der Waals surface area contributed by atoms with E-state index in [-0.39, 0.29) is 0 Å². The van der Waals surface area contributed by atoms with Crippen molar-refractivity contribution in [2.24, 2.45) is 0 Å². The Hall–Kier alpha value is -0.780. The highest BCUT2D eigenvalue weighted by molar-refractivity contribution is 9.10. The normalized spacial score (nSPS) is 20.9. The van der Waals surface area contributed by atoms with Crippen LogP contribution in [0.15, 0.2) is 22.7 Å². The summed E-state index contributed by atoms with van der Waals surface area (Å²) in [6.07, 6.45) is 1.02. The maximum absolute atomic E-state index is 5.47. The van der Waals surface area contributed by atoms with E-state index >= 15 is 0 Å². The molecule has 1 heterocycles. The summed E-state index contributed by atoms with van der Waals surface area (Å²) >= 11 is 3.49. The van der Waals surface area contributed by atoms with Gasteiger partial charge in [-0.2, -0.15) is 0 Å². The SMILES string of the molecule is COc1ccc(Br)cc1NC(C)CC1COCCN1. The van der Waals surface area contributed by atoms with Gasteiger partial charge >= 0.3 is 0 Å². The number of ether oxygens (including phenoxy) is 2. The third kappa shape index (κ3) is 4.37. The van der Waals surface area contributed by atoms with Gasteiger partial charge in [-0.3, -0.25) is 0 Å². The first-order valence-corrected chi connectivity index (χ1v) is 7.39. The van der Waals surface area contributed by atoms with E-state index in [1.54, 1.807) is 7.11 Å². The van der Waals surface area contributed by atoms with Gasteiger partial charge in [-0.15, -0.1) is 0 Å². The van der Waals surface area contributed by atoms with Crippen LogP contribution in [-0.2, 0) is 4.74 Å². The Bertz CT molecular complexity index is 408. The van der Waals surface area contributed by atoms with E-state index in [2.05, 4.69) is 33.5 Å². The molecule has 0 aromatic heterocycles. The van der Waals surface area contributed by atoms with Crippen molar-refractivity contribution in [3.63, 3.8) is 0 Å². The number of nitrogens with one attached hydrogen (secondary N) is 2. The van der Waals surface area contributed by atoms with Crippen molar-refractivity contribution < 1.29 is 9.47 Å². The van der Waals surface area contributed by atoms with E-state index in [1.807, 2.05) is 18.2 Å². The summed E-state index contributed by atoms with van der Waals surface area (Å²) in [6, 6.07) is 6.75. The summed E-state index contributed by atoms with van der Waals surface area (Å²) in [7, 11) is 1.69. The molecule has 2 unspecified atom stereocenters. The molecule has 5 heteroatoms. The smallest absolute Gasteiger partial charge is 0.142 e. The Morgan fingerprint density at radius 1 is 1.58 bits per heavy atom. The molecule has 2 rings (SSSR count).